The lowest BCUT2D eigenvalue weighted by atomic mass is 9.70. The molecule has 0 bridgehead atoms. The number of rotatable bonds is 2. The van der Waals surface area contributed by atoms with Crippen LogP contribution in [0, 0.1) is 5.92 Å². The van der Waals surface area contributed by atoms with Crippen molar-refractivity contribution in [2.75, 3.05) is 20.2 Å². The van der Waals surface area contributed by atoms with E-state index in [1.165, 1.54) is 13.3 Å². The Labute approximate surface area is 105 Å². The van der Waals surface area contributed by atoms with E-state index in [0.29, 0.717) is 18.2 Å². The van der Waals surface area contributed by atoms with Crippen molar-refractivity contribution in [2.45, 2.75) is 18.4 Å². The first-order valence-corrected chi connectivity index (χ1v) is 6.07. The molecule has 18 heavy (non-hydrogen) atoms. The molecule has 1 aromatic rings. The second-order valence-corrected chi connectivity index (χ2v) is 5.08. The maximum Gasteiger partial charge on any atom is 0.316 e. The maximum atomic E-state index is 12.3. The molecule has 2 heterocycles. The van der Waals surface area contributed by atoms with Crippen molar-refractivity contribution in [3.05, 3.63) is 18.0 Å². The fourth-order valence-electron chi connectivity index (χ4n) is 2.76. The molecule has 2 atom stereocenters. The number of aromatic nitrogens is 2. The molecule has 0 unspecified atom stereocenters. The molecule has 1 aromatic heterocycles. The molecular weight excluding hydrogens is 232 g/mol. The third-order valence-corrected chi connectivity index (χ3v) is 4.02. The van der Waals surface area contributed by atoms with Crippen LogP contribution in [0.15, 0.2) is 12.3 Å². The number of hydrogen-bond acceptors (Lipinski definition) is 5. The lowest BCUT2D eigenvalue weighted by Gasteiger charge is -2.39. The SMILES string of the molecule is COc1nccc(C(=O)N2C[C@@H]3CC[C@]3(N)C2)n1. The Hall–Kier alpha value is -1.69. The van der Waals surface area contributed by atoms with E-state index in [0.717, 1.165) is 19.4 Å². The van der Waals surface area contributed by atoms with Crippen molar-refractivity contribution in [2.24, 2.45) is 11.7 Å². The zero-order valence-electron chi connectivity index (χ0n) is 10.3. The van der Waals surface area contributed by atoms with E-state index in [1.54, 1.807) is 11.0 Å². The molecule has 2 N–H and O–H groups in total. The Balaban J connectivity index is 1.78. The summed E-state index contributed by atoms with van der Waals surface area (Å²) in [6, 6.07) is 1.82. The first-order chi connectivity index (χ1) is 8.62. The lowest BCUT2D eigenvalue weighted by Crippen LogP contribution is -2.54. The monoisotopic (exact) mass is 248 g/mol. The highest BCUT2D eigenvalue weighted by atomic mass is 16.5. The van der Waals surface area contributed by atoms with Crippen molar-refractivity contribution in [3.63, 3.8) is 0 Å². The fourth-order valence-corrected chi connectivity index (χ4v) is 2.76. The highest BCUT2D eigenvalue weighted by Crippen LogP contribution is 2.42. The minimum Gasteiger partial charge on any atom is -0.467 e. The smallest absolute Gasteiger partial charge is 0.316 e. The van der Waals surface area contributed by atoms with E-state index >= 15 is 0 Å². The number of carbonyl (C=O) groups is 1. The molecule has 1 aliphatic heterocycles. The van der Waals surface area contributed by atoms with E-state index in [2.05, 4.69) is 9.97 Å². The summed E-state index contributed by atoms with van der Waals surface area (Å²) in [6.45, 7) is 1.37. The second kappa shape index (κ2) is 3.91. The summed E-state index contributed by atoms with van der Waals surface area (Å²) in [7, 11) is 1.48. The summed E-state index contributed by atoms with van der Waals surface area (Å²) in [4.78, 5) is 22.0. The number of carbonyl (C=O) groups excluding carboxylic acids is 1. The van der Waals surface area contributed by atoms with Gasteiger partial charge in [0.1, 0.15) is 5.69 Å². The normalized spacial score (nSPS) is 29.7. The summed E-state index contributed by atoms with van der Waals surface area (Å²) < 4.78 is 4.92. The van der Waals surface area contributed by atoms with Gasteiger partial charge in [0.25, 0.3) is 5.91 Å². The van der Waals surface area contributed by atoms with E-state index in [9.17, 15) is 4.79 Å². The van der Waals surface area contributed by atoms with Gasteiger partial charge in [-0.1, -0.05) is 0 Å². The van der Waals surface area contributed by atoms with Crippen LogP contribution in [-0.2, 0) is 0 Å². The van der Waals surface area contributed by atoms with Crippen LogP contribution in [0.1, 0.15) is 23.3 Å². The number of fused-ring (bicyclic) bond motifs is 1. The van der Waals surface area contributed by atoms with Gasteiger partial charge in [-0.3, -0.25) is 4.79 Å². The summed E-state index contributed by atoms with van der Waals surface area (Å²) in [5, 5.41) is 0. The molecule has 0 spiro atoms. The summed E-state index contributed by atoms with van der Waals surface area (Å²) in [5.41, 5.74) is 6.43. The van der Waals surface area contributed by atoms with Gasteiger partial charge < -0.3 is 15.4 Å². The molecule has 1 saturated heterocycles. The third-order valence-electron chi connectivity index (χ3n) is 4.02. The Bertz CT molecular complexity index is 493. The minimum atomic E-state index is -0.160. The number of nitrogens with two attached hydrogens (primary N) is 1. The molecular formula is C12H16N4O2. The number of nitrogens with zero attached hydrogens (tertiary/aromatic N) is 3. The summed E-state index contributed by atoms with van der Waals surface area (Å²) >= 11 is 0. The van der Waals surface area contributed by atoms with Gasteiger partial charge >= 0.3 is 6.01 Å². The minimum absolute atomic E-state index is 0.0880. The van der Waals surface area contributed by atoms with E-state index in [-0.39, 0.29) is 17.5 Å². The largest absolute Gasteiger partial charge is 0.467 e. The first-order valence-electron chi connectivity index (χ1n) is 6.07. The number of likely N-dealkylation sites (tertiary alicyclic amines) is 1. The molecule has 1 amide bonds. The highest BCUT2D eigenvalue weighted by molar-refractivity contribution is 5.92. The van der Waals surface area contributed by atoms with Gasteiger partial charge in [0, 0.05) is 24.8 Å². The van der Waals surface area contributed by atoms with E-state index in [1.807, 2.05) is 0 Å². The molecule has 3 rings (SSSR count). The van der Waals surface area contributed by atoms with Crippen LogP contribution in [0.3, 0.4) is 0 Å². The highest BCUT2D eigenvalue weighted by Gasteiger charge is 2.51. The predicted molar refractivity (Wildman–Crippen MR) is 64.1 cm³/mol. The number of methoxy groups -OCH3 is 1. The second-order valence-electron chi connectivity index (χ2n) is 5.08. The van der Waals surface area contributed by atoms with Crippen LogP contribution in [0.4, 0.5) is 0 Å². The van der Waals surface area contributed by atoms with Gasteiger partial charge in [-0.15, -0.1) is 0 Å². The van der Waals surface area contributed by atoms with Crippen molar-refractivity contribution in [1.82, 2.24) is 14.9 Å². The van der Waals surface area contributed by atoms with Crippen LogP contribution in [-0.4, -0.2) is 46.5 Å². The molecule has 2 fully saturated rings. The van der Waals surface area contributed by atoms with E-state index < -0.39 is 0 Å². The quantitative estimate of drug-likeness (QED) is 0.799. The number of hydrogen-bond donors (Lipinski definition) is 1. The van der Waals surface area contributed by atoms with Gasteiger partial charge in [-0.05, 0) is 24.8 Å². The molecule has 1 aliphatic carbocycles. The Morgan fingerprint density at radius 1 is 1.67 bits per heavy atom. The Morgan fingerprint density at radius 2 is 2.50 bits per heavy atom. The average Bonchev–Trinajstić information content (AvgIpc) is 2.62. The maximum absolute atomic E-state index is 12.3. The third kappa shape index (κ3) is 1.64. The predicted octanol–water partition coefficient (Wildman–Crippen LogP) is 0.0485. The van der Waals surface area contributed by atoms with Crippen LogP contribution in [0.2, 0.25) is 0 Å². The van der Waals surface area contributed by atoms with Gasteiger partial charge in [-0.2, -0.15) is 4.98 Å². The standard InChI is InChI=1S/C12H16N4O2/c1-18-11-14-5-3-9(15-11)10(17)16-6-8-2-4-12(8,13)7-16/h3,5,8H,2,4,6-7,13H2,1H3/t8-,12-/m0/s1. The lowest BCUT2D eigenvalue weighted by molar-refractivity contribution is 0.0778. The molecule has 96 valence electrons. The van der Waals surface area contributed by atoms with Gasteiger partial charge in [-0.25, -0.2) is 4.98 Å². The summed E-state index contributed by atoms with van der Waals surface area (Å²) in [5.74, 6) is 0.361. The van der Waals surface area contributed by atoms with Crippen LogP contribution < -0.4 is 10.5 Å². The van der Waals surface area contributed by atoms with Crippen LogP contribution in [0.25, 0.3) is 0 Å². The van der Waals surface area contributed by atoms with Crippen molar-refractivity contribution < 1.29 is 9.53 Å². The molecule has 6 nitrogen and oxygen atoms in total. The van der Waals surface area contributed by atoms with E-state index in [4.69, 9.17) is 10.5 Å². The van der Waals surface area contributed by atoms with Crippen LogP contribution in [0.5, 0.6) is 6.01 Å². The zero-order valence-corrected chi connectivity index (χ0v) is 10.3. The van der Waals surface area contributed by atoms with Gasteiger partial charge in [0.15, 0.2) is 0 Å². The molecule has 2 aliphatic rings. The first kappa shape index (κ1) is 11.4. The average molecular weight is 248 g/mol. The fraction of sp³-hybridized carbons (Fsp3) is 0.583. The summed E-state index contributed by atoms with van der Waals surface area (Å²) in [6.07, 6.45) is 3.66. The van der Waals surface area contributed by atoms with Crippen molar-refractivity contribution >= 4 is 5.91 Å². The topological polar surface area (TPSA) is 81.3 Å². The number of ether oxygens (including phenoxy) is 1. The zero-order chi connectivity index (χ0) is 12.8. The van der Waals surface area contributed by atoms with Gasteiger partial charge in [0.05, 0.1) is 7.11 Å². The molecule has 0 radical (unpaired) electrons. The molecule has 0 aromatic carbocycles. The van der Waals surface area contributed by atoms with Crippen molar-refractivity contribution in [3.8, 4) is 6.01 Å². The van der Waals surface area contributed by atoms with Crippen LogP contribution >= 0.6 is 0 Å². The Morgan fingerprint density at radius 3 is 3.06 bits per heavy atom. The van der Waals surface area contributed by atoms with Gasteiger partial charge in [0.2, 0.25) is 0 Å². The Kier molecular flexibility index (Phi) is 2.48. The molecule has 6 heteroatoms. The number of amides is 1. The van der Waals surface area contributed by atoms with Crippen molar-refractivity contribution in [1.29, 1.82) is 0 Å². The molecule has 1 saturated carbocycles.